The summed E-state index contributed by atoms with van der Waals surface area (Å²) in [5.41, 5.74) is 4.94. The number of hydrogen-bond donors (Lipinski definition) is 1. The summed E-state index contributed by atoms with van der Waals surface area (Å²) < 4.78 is 28.7. The second-order valence-electron chi connectivity index (χ2n) is 9.66. The van der Waals surface area contributed by atoms with Crippen LogP contribution in [0.4, 0.5) is 5.69 Å². The zero-order valence-electron chi connectivity index (χ0n) is 28.0. The third-order valence-electron chi connectivity index (χ3n) is 6.72. The molecule has 3 aromatic heterocycles. The van der Waals surface area contributed by atoms with E-state index in [2.05, 4.69) is 100 Å². The summed E-state index contributed by atoms with van der Waals surface area (Å²) in [4.78, 5) is 17.9. The molecule has 0 atom stereocenters. The van der Waals surface area contributed by atoms with E-state index >= 15 is 0 Å². The smallest absolute Gasteiger partial charge is 0.332 e. The van der Waals surface area contributed by atoms with E-state index in [1.54, 1.807) is 24.5 Å². The first-order chi connectivity index (χ1) is 24.3. The van der Waals surface area contributed by atoms with Gasteiger partial charge < -0.3 is 27.4 Å². The van der Waals surface area contributed by atoms with Crippen molar-refractivity contribution in [3.8, 4) is 11.1 Å². The van der Waals surface area contributed by atoms with Crippen LogP contribution in [-0.4, -0.2) is 39.6 Å². The molecule has 3 heterocycles. The lowest BCUT2D eigenvalue weighted by molar-refractivity contribution is -0.384. The van der Waals surface area contributed by atoms with Crippen molar-refractivity contribution < 1.29 is 27.3 Å². The number of para-hydroxylation sites is 2. The number of H-pyrrole nitrogens is 1. The van der Waals surface area contributed by atoms with Gasteiger partial charge in [0.05, 0.1) is 42.0 Å². The Morgan fingerprint density at radius 2 is 1.30 bits per heavy atom. The van der Waals surface area contributed by atoms with Gasteiger partial charge in [0.15, 0.2) is 0 Å². The van der Waals surface area contributed by atoms with Crippen molar-refractivity contribution in [2.45, 2.75) is 20.8 Å². The van der Waals surface area contributed by atoms with Gasteiger partial charge in [-0.2, -0.15) is 0 Å². The molecule has 50 heavy (non-hydrogen) atoms. The Morgan fingerprint density at radius 3 is 1.92 bits per heavy atom. The fraction of sp³-hybridized carbons (Fsp3) is 0.222. The summed E-state index contributed by atoms with van der Waals surface area (Å²) >= 11 is 11.2. The molecule has 0 fully saturated rings. The molecule has 0 amide bonds. The van der Waals surface area contributed by atoms with Crippen LogP contribution in [0.25, 0.3) is 55.1 Å². The van der Waals surface area contributed by atoms with Gasteiger partial charge in [-0.05, 0) is 79.2 Å². The van der Waals surface area contributed by atoms with Crippen molar-refractivity contribution in [3.05, 3.63) is 110 Å². The minimum atomic E-state index is -1.06. The largest absolute Gasteiger partial charge is 0.464 e. The van der Waals surface area contributed by atoms with Crippen LogP contribution in [0.5, 0.6) is 0 Å². The number of nitrogens with zero attached hydrogens (tertiary/aromatic N) is 1. The summed E-state index contributed by atoms with van der Waals surface area (Å²) in [6, 6.07) is 26.6. The normalized spacial score (nSPS) is 10.5. The highest BCUT2D eigenvalue weighted by Crippen LogP contribution is 2.39. The summed E-state index contributed by atoms with van der Waals surface area (Å²) in [7, 11) is -1.06. The molecule has 1 N–H and O–H groups in total. The highest BCUT2D eigenvalue weighted by atomic mass is 127. The number of nitro benzene ring substituents is 1. The van der Waals surface area contributed by atoms with Crippen molar-refractivity contribution in [2.75, 3.05) is 29.7 Å². The third kappa shape index (κ3) is 11.0. The Balaban J connectivity index is 0.000000202. The molecule has 0 bridgehead atoms. The van der Waals surface area contributed by atoms with Gasteiger partial charge in [-0.3, -0.25) is 10.1 Å². The lowest BCUT2D eigenvalue weighted by Crippen LogP contribution is -1.94. The predicted octanol–water partition coefficient (Wildman–Crippen LogP) is 14.0. The highest BCUT2D eigenvalue weighted by Gasteiger charge is 2.18. The molecule has 0 aliphatic carbocycles. The van der Waals surface area contributed by atoms with Gasteiger partial charge in [-0.1, -0.05) is 107 Å². The van der Waals surface area contributed by atoms with Gasteiger partial charge in [0.1, 0.15) is 11.2 Å². The molecule has 0 radical (unpaired) electrons. The molecule has 0 aliphatic rings. The van der Waals surface area contributed by atoms with Crippen LogP contribution >= 0.6 is 85.6 Å². The van der Waals surface area contributed by atoms with Crippen LogP contribution in [0.2, 0.25) is 0 Å². The van der Waals surface area contributed by atoms with Crippen LogP contribution in [0.1, 0.15) is 20.8 Å². The fourth-order valence-corrected chi connectivity index (χ4v) is 6.43. The Morgan fingerprint density at radius 1 is 0.740 bits per heavy atom. The molecule has 0 aliphatic heterocycles. The molecule has 9 nitrogen and oxygen atoms in total. The van der Waals surface area contributed by atoms with Gasteiger partial charge in [-0.15, -0.1) is 0 Å². The molecule has 0 saturated heterocycles. The van der Waals surface area contributed by atoms with Gasteiger partial charge >= 0.3 is 8.60 Å². The number of halogens is 4. The maximum atomic E-state index is 11.1. The summed E-state index contributed by atoms with van der Waals surface area (Å²) in [5, 5.41) is 15.5. The molecular formula is C36H37Br2I2N2O7P. The molecule has 4 aromatic carbocycles. The van der Waals surface area contributed by atoms with Crippen molar-refractivity contribution in [1.82, 2.24) is 4.98 Å². The van der Waals surface area contributed by atoms with Gasteiger partial charge in [0, 0.05) is 42.3 Å². The van der Waals surface area contributed by atoms with E-state index in [0.29, 0.717) is 31.0 Å². The zero-order valence-corrected chi connectivity index (χ0v) is 36.4. The first-order valence-corrected chi connectivity index (χ1v) is 22.3. The zero-order chi connectivity index (χ0) is 36.6. The second-order valence-corrected chi connectivity index (χ2v) is 12.7. The second kappa shape index (κ2) is 22.1. The first kappa shape index (κ1) is 42.3. The molecule has 7 aromatic rings. The molecule has 14 heteroatoms. The minimum Gasteiger partial charge on any atom is -0.464 e. The summed E-state index contributed by atoms with van der Waals surface area (Å²) in [6.45, 7) is 7.71. The predicted molar refractivity (Wildman–Crippen MR) is 231 cm³/mol. The van der Waals surface area contributed by atoms with E-state index in [4.69, 9.17) is 22.4 Å². The number of nitro groups is 1. The van der Waals surface area contributed by atoms with Crippen molar-refractivity contribution in [2.24, 2.45) is 0 Å². The van der Waals surface area contributed by atoms with Crippen molar-refractivity contribution in [3.63, 3.8) is 0 Å². The van der Waals surface area contributed by atoms with Crippen LogP contribution in [0.3, 0.4) is 0 Å². The molecule has 0 unspecified atom stereocenters. The lowest BCUT2D eigenvalue weighted by atomic mass is 10.0. The number of nitrogens with one attached hydrogen (secondary N) is 1. The Labute approximate surface area is 336 Å². The highest BCUT2D eigenvalue weighted by molar-refractivity contribution is 14.1. The molecule has 0 saturated carbocycles. The topological polar surface area (TPSA) is 113 Å². The summed E-state index contributed by atoms with van der Waals surface area (Å²) in [5.74, 6) is 0. The van der Waals surface area contributed by atoms with E-state index in [9.17, 15) is 10.1 Å². The number of benzene rings is 4. The number of aromatic nitrogens is 1. The van der Waals surface area contributed by atoms with Gasteiger partial charge in [0.25, 0.3) is 5.69 Å². The van der Waals surface area contributed by atoms with Crippen LogP contribution in [0, 0.1) is 10.1 Å². The number of fused-ring (bicyclic) bond motifs is 6. The van der Waals surface area contributed by atoms with E-state index in [-0.39, 0.29) is 10.6 Å². The van der Waals surface area contributed by atoms with E-state index < -0.39 is 8.60 Å². The Hall–Kier alpha value is -2.11. The van der Waals surface area contributed by atoms with E-state index in [0.717, 1.165) is 47.5 Å². The third-order valence-corrected chi connectivity index (χ3v) is 9.12. The monoisotopic (exact) mass is 1050 g/mol. The van der Waals surface area contributed by atoms with Crippen molar-refractivity contribution in [1.29, 1.82) is 0 Å². The van der Waals surface area contributed by atoms with Gasteiger partial charge in [0.2, 0.25) is 5.71 Å². The number of rotatable bonds is 8. The maximum absolute atomic E-state index is 11.1. The minimum absolute atomic E-state index is 0.0742. The molecule has 0 spiro atoms. The van der Waals surface area contributed by atoms with Gasteiger partial charge in [-0.25, -0.2) is 0 Å². The van der Waals surface area contributed by atoms with E-state index in [1.165, 1.54) is 11.5 Å². The molecule has 7 rings (SSSR count). The van der Waals surface area contributed by atoms with Crippen LogP contribution in [0.15, 0.2) is 109 Å². The molecular weight excluding hydrogens is 1020 g/mol. The van der Waals surface area contributed by atoms with E-state index in [1.807, 2.05) is 73.1 Å². The van der Waals surface area contributed by atoms with Crippen LogP contribution < -0.4 is 0 Å². The number of furan rings is 2. The quantitative estimate of drug-likeness (QED) is 0.0530. The Kier molecular flexibility index (Phi) is 18.7. The number of aromatic amines is 1. The van der Waals surface area contributed by atoms with Crippen LogP contribution in [-0.2, 0) is 13.6 Å². The first-order valence-electron chi connectivity index (χ1n) is 15.3. The number of alkyl halides is 2. The number of hydrogen-bond acceptors (Lipinski definition) is 7. The summed E-state index contributed by atoms with van der Waals surface area (Å²) in [6.07, 6.45) is 1.56. The molecule has 266 valence electrons. The lowest BCUT2D eigenvalue weighted by Gasteiger charge is -2.12. The maximum Gasteiger partial charge on any atom is 0.332 e. The average Bonchev–Trinajstić information content (AvgIpc) is 3.82. The SMILES string of the molecule is Brc1ccc2oc3[nH]c4ccccc4c3c2c1.CCOP(OCC)OCC.CI.CI.O=[N+]([O-])c1ccccc1-c1coc2ccc(Br)cc12. The fourth-order valence-electron chi connectivity index (χ4n) is 4.86. The van der Waals surface area contributed by atoms with Crippen molar-refractivity contribution >= 4 is 135 Å². The Bertz CT molecular complexity index is 2090. The standard InChI is InChI=1S/C14H8BrNO3.C14H8BrNO.C6H15O3P.2CH3I/c15-9-5-6-14-11(7-9)12(8-19-14)10-3-1-2-4-13(10)16(17)18;15-8-5-6-12-10(7-8)13-9-3-1-2-4-11(9)16-14(13)17-12;1-4-7-10(8-5-2)9-6-3;2*1-2/h1-8H;1-7,16H;4-6H2,1-3H3;2*1H3. The average molecular weight is 1050 g/mol.